The Morgan fingerprint density at radius 3 is 1.91 bits per heavy atom. The summed E-state index contributed by atoms with van der Waals surface area (Å²) in [5.41, 5.74) is 0.708. The summed E-state index contributed by atoms with van der Waals surface area (Å²) in [4.78, 5) is 3.72. The minimum absolute atomic E-state index is 0.173. The summed E-state index contributed by atoms with van der Waals surface area (Å²) in [5, 5.41) is 7.90. The van der Waals surface area contributed by atoms with Crippen LogP contribution < -0.4 is 0 Å². The zero-order valence-corrected chi connectivity index (χ0v) is 8.22. The number of nitrogens with zero attached hydrogens (tertiary/aromatic N) is 1. The van der Waals surface area contributed by atoms with Gasteiger partial charge in [0.05, 0.1) is 0 Å². The van der Waals surface area contributed by atoms with Crippen molar-refractivity contribution in [1.82, 2.24) is 0 Å². The molecular formula is C7H10Cl2N2. The third-order valence-electron chi connectivity index (χ3n) is 1.09. The molecule has 0 fully saturated rings. The van der Waals surface area contributed by atoms with Gasteiger partial charge in [-0.2, -0.15) is 0 Å². The van der Waals surface area contributed by atoms with Crippen molar-refractivity contribution < 1.29 is 0 Å². The maximum Gasteiger partial charge on any atom is 0.135 e. The molecular weight excluding hydrogens is 183 g/mol. The Morgan fingerprint density at radius 2 is 1.64 bits per heavy atom. The van der Waals surface area contributed by atoms with Gasteiger partial charge in [-0.1, -0.05) is 23.2 Å². The first kappa shape index (κ1) is 10.7. The fraction of sp³-hybridized carbons (Fsp3) is 0.429. The molecule has 62 valence electrons. The third kappa shape index (κ3) is 4.17. The number of halogens is 2. The summed E-state index contributed by atoms with van der Waals surface area (Å²) in [6.45, 7) is 5.05. The molecule has 0 amide bonds. The van der Waals surface area contributed by atoms with Crippen molar-refractivity contribution in [2.75, 3.05) is 0 Å². The van der Waals surface area contributed by atoms with Crippen LogP contribution in [0.3, 0.4) is 0 Å². The number of rotatable bonds is 1. The average Bonchev–Trinajstić information content (AvgIpc) is 1.84. The highest BCUT2D eigenvalue weighted by atomic mass is 35.5. The van der Waals surface area contributed by atoms with Crippen LogP contribution in [0.2, 0.25) is 0 Å². The first-order valence-electron chi connectivity index (χ1n) is 3.08. The van der Waals surface area contributed by atoms with Crippen LogP contribution in [-0.4, -0.2) is 11.0 Å². The summed E-state index contributed by atoms with van der Waals surface area (Å²) < 4.78 is 0. The zero-order valence-electron chi connectivity index (χ0n) is 6.70. The molecule has 2 nitrogen and oxygen atoms in total. The van der Waals surface area contributed by atoms with Crippen LogP contribution >= 0.6 is 23.2 Å². The van der Waals surface area contributed by atoms with E-state index in [1.54, 1.807) is 20.8 Å². The SMILES string of the molecule is CC(=N)/N=C(Cl)\C(C)=C(/C)Cl. The minimum atomic E-state index is 0.173. The van der Waals surface area contributed by atoms with Crippen LogP contribution in [0, 0.1) is 5.41 Å². The van der Waals surface area contributed by atoms with E-state index in [2.05, 4.69) is 4.99 Å². The molecule has 0 unspecified atom stereocenters. The van der Waals surface area contributed by atoms with E-state index < -0.39 is 0 Å². The highest BCUT2D eigenvalue weighted by Gasteiger charge is 2.00. The van der Waals surface area contributed by atoms with E-state index in [1.807, 2.05) is 0 Å². The normalized spacial score (nSPS) is 14.5. The largest absolute Gasteiger partial charge is 0.287 e. The van der Waals surface area contributed by atoms with Crippen LogP contribution in [0.25, 0.3) is 0 Å². The smallest absolute Gasteiger partial charge is 0.135 e. The number of hydrogen-bond donors (Lipinski definition) is 1. The maximum atomic E-state index is 7.02. The quantitative estimate of drug-likeness (QED) is 0.490. The van der Waals surface area contributed by atoms with E-state index in [4.69, 9.17) is 28.6 Å². The second kappa shape index (κ2) is 4.52. The van der Waals surface area contributed by atoms with Gasteiger partial charge in [0.2, 0.25) is 0 Å². The first-order chi connectivity index (χ1) is 4.95. The van der Waals surface area contributed by atoms with Crippen LogP contribution in [-0.2, 0) is 0 Å². The number of allylic oxidation sites excluding steroid dienone is 2. The summed E-state index contributed by atoms with van der Waals surface area (Å²) >= 11 is 11.3. The Morgan fingerprint density at radius 1 is 1.18 bits per heavy atom. The number of aliphatic imine (C=N–C) groups is 1. The minimum Gasteiger partial charge on any atom is -0.287 e. The molecule has 0 aliphatic heterocycles. The molecule has 0 atom stereocenters. The predicted molar refractivity (Wildman–Crippen MR) is 50.9 cm³/mol. The van der Waals surface area contributed by atoms with E-state index in [0.29, 0.717) is 10.6 Å². The Kier molecular flexibility index (Phi) is 4.38. The van der Waals surface area contributed by atoms with Gasteiger partial charge in [-0.15, -0.1) is 0 Å². The van der Waals surface area contributed by atoms with Crippen molar-refractivity contribution in [2.24, 2.45) is 4.99 Å². The van der Waals surface area contributed by atoms with E-state index >= 15 is 0 Å². The summed E-state index contributed by atoms with van der Waals surface area (Å²) in [5.74, 6) is 0.173. The Hall–Kier alpha value is -0.340. The number of nitrogens with one attached hydrogen (secondary N) is 1. The van der Waals surface area contributed by atoms with Crippen molar-refractivity contribution in [1.29, 1.82) is 5.41 Å². The van der Waals surface area contributed by atoms with Crippen molar-refractivity contribution >= 4 is 34.2 Å². The lowest BCUT2D eigenvalue weighted by Gasteiger charge is -1.97. The fourth-order valence-electron chi connectivity index (χ4n) is 0.373. The van der Waals surface area contributed by atoms with Gasteiger partial charge in [-0.25, -0.2) is 4.99 Å². The molecule has 1 N–H and O–H groups in total. The summed E-state index contributed by atoms with van der Waals surface area (Å²) in [7, 11) is 0. The maximum absolute atomic E-state index is 7.02. The first-order valence-corrected chi connectivity index (χ1v) is 3.83. The van der Waals surface area contributed by atoms with Gasteiger partial charge < -0.3 is 0 Å². The molecule has 0 rings (SSSR count). The molecule has 0 aromatic carbocycles. The van der Waals surface area contributed by atoms with E-state index in [0.717, 1.165) is 0 Å². The molecule has 0 spiro atoms. The molecule has 4 heteroatoms. The van der Waals surface area contributed by atoms with Crippen LogP contribution in [0.4, 0.5) is 0 Å². The second-order valence-electron chi connectivity index (χ2n) is 2.15. The summed E-state index contributed by atoms with van der Waals surface area (Å²) in [6, 6.07) is 0. The topological polar surface area (TPSA) is 36.2 Å². The van der Waals surface area contributed by atoms with Crippen LogP contribution in [0.15, 0.2) is 15.6 Å². The van der Waals surface area contributed by atoms with Crippen LogP contribution in [0.5, 0.6) is 0 Å². The van der Waals surface area contributed by atoms with E-state index in [-0.39, 0.29) is 11.0 Å². The monoisotopic (exact) mass is 192 g/mol. The van der Waals surface area contributed by atoms with Gasteiger partial charge in [0.1, 0.15) is 11.0 Å². The lowest BCUT2D eigenvalue weighted by molar-refractivity contribution is 1.40. The third-order valence-corrected chi connectivity index (χ3v) is 1.74. The molecule has 0 heterocycles. The Labute approximate surface area is 76.4 Å². The standard InChI is InChI=1S/C7H10Cl2N2/c1-4(5(2)8)7(9)11-6(3)10/h10H,1-3H3/b5-4+,10-6?,11-7+. The van der Waals surface area contributed by atoms with E-state index in [9.17, 15) is 0 Å². The lowest BCUT2D eigenvalue weighted by atomic mass is 10.3. The molecule has 11 heavy (non-hydrogen) atoms. The molecule has 0 aliphatic rings. The zero-order chi connectivity index (χ0) is 9.02. The number of hydrogen-bond acceptors (Lipinski definition) is 1. The van der Waals surface area contributed by atoms with Gasteiger partial charge in [0, 0.05) is 10.6 Å². The van der Waals surface area contributed by atoms with Crippen LogP contribution in [0.1, 0.15) is 20.8 Å². The van der Waals surface area contributed by atoms with Gasteiger partial charge >= 0.3 is 0 Å². The molecule has 0 bridgehead atoms. The molecule has 0 saturated carbocycles. The Bertz CT molecular complexity index is 225. The molecule has 0 saturated heterocycles. The van der Waals surface area contributed by atoms with Gasteiger partial charge in [-0.3, -0.25) is 5.41 Å². The predicted octanol–water partition coefficient (Wildman–Crippen LogP) is 3.15. The number of amidine groups is 1. The average molecular weight is 193 g/mol. The highest BCUT2D eigenvalue weighted by molar-refractivity contribution is 6.70. The molecule has 0 radical (unpaired) electrons. The molecule has 0 aliphatic carbocycles. The van der Waals surface area contributed by atoms with Crippen molar-refractivity contribution in [3.05, 3.63) is 10.6 Å². The van der Waals surface area contributed by atoms with Crippen molar-refractivity contribution in [3.8, 4) is 0 Å². The van der Waals surface area contributed by atoms with Crippen molar-refractivity contribution in [3.63, 3.8) is 0 Å². The Balaban J connectivity index is 4.63. The van der Waals surface area contributed by atoms with Gasteiger partial charge in [0.15, 0.2) is 0 Å². The summed E-state index contributed by atoms with van der Waals surface area (Å²) in [6.07, 6.45) is 0. The van der Waals surface area contributed by atoms with E-state index in [1.165, 1.54) is 0 Å². The lowest BCUT2D eigenvalue weighted by Crippen LogP contribution is -1.94. The van der Waals surface area contributed by atoms with Crippen molar-refractivity contribution in [2.45, 2.75) is 20.8 Å². The van der Waals surface area contributed by atoms with Gasteiger partial charge in [0.25, 0.3) is 0 Å². The molecule has 0 aromatic heterocycles. The second-order valence-corrected chi connectivity index (χ2v) is 3.07. The molecule has 0 aromatic rings. The highest BCUT2D eigenvalue weighted by Crippen LogP contribution is 2.11. The van der Waals surface area contributed by atoms with Gasteiger partial charge in [-0.05, 0) is 20.8 Å². The fourth-order valence-corrected chi connectivity index (χ4v) is 0.780.